The fraction of sp³-hybridized carbons (Fsp3) is 0.273. The lowest BCUT2D eigenvalue weighted by Gasteiger charge is -2.33. The molecule has 1 aliphatic heterocycles. The number of fused-ring (bicyclic) bond motifs is 1. The molecule has 1 fully saturated rings. The Morgan fingerprint density at radius 1 is 0.968 bits per heavy atom. The molecule has 1 aromatic heterocycles. The zero-order valence-electron chi connectivity index (χ0n) is 16.8. The summed E-state index contributed by atoms with van der Waals surface area (Å²) in [5.41, 5.74) is -0.465. The number of para-hydroxylation sites is 1. The molecule has 0 saturated carbocycles. The minimum atomic E-state index is -3.50. The molecular weight excluding hydrogens is 420 g/mol. The third-order valence-corrected chi connectivity index (χ3v) is 7.13. The number of carbonyl (C=O) groups is 1. The summed E-state index contributed by atoms with van der Waals surface area (Å²) in [4.78, 5) is 26.7. The third kappa shape index (κ3) is 4.68. The second-order valence-electron chi connectivity index (χ2n) is 7.18. The molecule has 2 aromatic carbocycles. The Kier molecular flexibility index (Phi) is 6.17. The molecule has 3 aromatic rings. The Hall–Kier alpha value is -3.01. The fourth-order valence-electron chi connectivity index (χ4n) is 3.48. The molecule has 0 aliphatic carbocycles. The van der Waals surface area contributed by atoms with Crippen molar-refractivity contribution in [1.82, 2.24) is 9.21 Å². The second-order valence-corrected chi connectivity index (χ2v) is 9.12. The summed E-state index contributed by atoms with van der Waals surface area (Å²) in [5.74, 6) is -0.732. The predicted octanol–water partition coefficient (Wildman–Crippen LogP) is 1.96. The Morgan fingerprint density at radius 3 is 2.39 bits per heavy atom. The molecule has 1 aliphatic rings. The number of rotatable bonds is 6. The standard InChI is InChI=1S/C22H22N2O6S/c25-21(19-16-17-6-4-5-9-20(17)30-22(19)26)29-15-14-23-10-12-24(13-11-23)31(27,28)18-7-2-1-3-8-18/h1-9,16H,10-15H2. The van der Waals surface area contributed by atoms with Gasteiger partial charge in [0, 0.05) is 38.1 Å². The van der Waals surface area contributed by atoms with Crippen LogP contribution in [0, 0.1) is 0 Å². The van der Waals surface area contributed by atoms with Crippen molar-refractivity contribution in [2.45, 2.75) is 4.90 Å². The summed E-state index contributed by atoms with van der Waals surface area (Å²) in [7, 11) is -3.50. The van der Waals surface area contributed by atoms with E-state index in [-0.39, 0.29) is 17.1 Å². The van der Waals surface area contributed by atoms with Crippen molar-refractivity contribution < 1.29 is 22.4 Å². The van der Waals surface area contributed by atoms with Crippen molar-refractivity contribution in [3.05, 3.63) is 76.6 Å². The SMILES string of the molecule is O=C(OCCN1CCN(S(=O)(=O)c2ccccc2)CC1)c1cc2ccccc2oc1=O. The van der Waals surface area contributed by atoms with Gasteiger partial charge in [-0.05, 0) is 24.3 Å². The smallest absolute Gasteiger partial charge is 0.351 e. The number of ether oxygens (including phenoxy) is 1. The molecule has 162 valence electrons. The summed E-state index contributed by atoms with van der Waals surface area (Å²) in [5, 5.41) is 0.643. The molecule has 9 heteroatoms. The van der Waals surface area contributed by atoms with Crippen LogP contribution in [0.15, 0.2) is 74.8 Å². The van der Waals surface area contributed by atoms with Gasteiger partial charge in [-0.2, -0.15) is 4.31 Å². The highest BCUT2D eigenvalue weighted by Gasteiger charge is 2.28. The molecule has 1 saturated heterocycles. The molecule has 0 spiro atoms. The number of hydrogen-bond donors (Lipinski definition) is 0. The average Bonchev–Trinajstić information content (AvgIpc) is 2.79. The van der Waals surface area contributed by atoms with Crippen molar-refractivity contribution in [2.24, 2.45) is 0 Å². The first kappa shape index (κ1) is 21.2. The number of benzene rings is 2. The lowest BCUT2D eigenvalue weighted by Crippen LogP contribution is -2.49. The highest BCUT2D eigenvalue weighted by Crippen LogP contribution is 2.17. The summed E-state index contributed by atoms with van der Waals surface area (Å²) in [6.45, 7) is 2.32. The second kappa shape index (κ2) is 9.01. The maximum atomic E-state index is 12.7. The van der Waals surface area contributed by atoms with E-state index in [9.17, 15) is 18.0 Å². The molecule has 8 nitrogen and oxygen atoms in total. The van der Waals surface area contributed by atoms with E-state index in [1.165, 1.54) is 10.4 Å². The average molecular weight is 442 g/mol. The van der Waals surface area contributed by atoms with Crippen LogP contribution in [0.5, 0.6) is 0 Å². The van der Waals surface area contributed by atoms with Gasteiger partial charge in [-0.15, -0.1) is 0 Å². The molecular formula is C22H22N2O6S. The summed E-state index contributed by atoms with van der Waals surface area (Å²) in [6, 6.07) is 16.8. The quantitative estimate of drug-likeness (QED) is 0.425. The van der Waals surface area contributed by atoms with E-state index in [4.69, 9.17) is 9.15 Å². The van der Waals surface area contributed by atoms with Crippen LogP contribution in [0.3, 0.4) is 0 Å². The zero-order valence-corrected chi connectivity index (χ0v) is 17.6. The lowest BCUT2D eigenvalue weighted by atomic mass is 10.2. The molecule has 0 bridgehead atoms. The van der Waals surface area contributed by atoms with E-state index >= 15 is 0 Å². The van der Waals surface area contributed by atoms with Crippen molar-refractivity contribution in [1.29, 1.82) is 0 Å². The van der Waals surface area contributed by atoms with Crippen LogP contribution in [0.4, 0.5) is 0 Å². The fourth-order valence-corrected chi connectivity index (χ4v) is 4.93. The molecule has 0 amide bonds. The van der Waals surface area contributed by atoms with Gasteiger partial charge < -0.3 is 9.15 Å². The van der Waals surface area contributed by atoms with Crippen LogP contribution in [0.25, 0.3) is 11.0 Å². The largest absolute Gasteiger partial charge is 0.461 e. The highest BCUT2D eigenvalue weighted by molar-refractivity contribution is 7.89. The number of sulfonamides is 1. The van der Waals surface area contributed by atoms with Crippen LogP contribution in [-0.4, -0.2) is 62.9 Å². The van der Waals surface area contributed by atoms with Crippen LogP contribution in [0.2, 0.25) is 0 Å². The molecule has 0 atom stereocenters. The van der Waals surface area contributed by atoms with Gasteiger partial charge in [-0.3, -0.25) is 4.90 Å². The number of piperazine rings is 1. The Bertz CT molecular complexity index is 1230. The van der Waals surface area contributed by atoms with E-state index in [2.05, 4.69) is 0 Å². The van der Waals surface area contributed by atoms with Gasteiger partial charge in [0.15, 0.2) is 0 Å². The van der Waals surface area contributed by atoms with Gasteiger partial charge in [0.1, 0.15) is 17.8 Å². The minimum Gasteiger partial charge on any atom is -0.461 e. The monoisotopic (exact) mass is 442 g/mol. The molecule has 0 radical (unpaired) electrons. The zero-order chi connectivity index (χ0) is 21.8. The first-order chi connectivity index (χ1) is 14.9. The van der Waals surface area contributed by atoms with Gasteiger partial charge in [0.25, 0.3) is 0 Å². The number of hydrogen-bond acceptors (Lipinski definition) is 7. The van der Waals surface area contributed by atoms with E-state index < -0.39 is 21.6 Å². The van der Waals surface area contributed by atoms with Gasteiger partial charge in [0.05, 0.1) is 4.90 Å². The Balaban J connectivity index is 1.29. The Labute approximate surface area is 179 Å². The van der Waals surface area contributed by atoms with Gasteiger partial charge in [-0.1, -0.05) is 36.4 Å². The third-order valence-electron chi connectivity index (χ3n) is 5.21. The van der Waals surface area contributed by atoms with Crippen LogP contribution >= 0.6 is 0 Å². The topological polar surface area (TPSA) is 97.1 Å². The Morgan fingerprint density at radius 2 is 1.65 bits per heavy atom. The molecule has 4 rings (SSSR count). The van der Waals surface area contributed by atoms with E-state index in [1.54, 1.807) is 54.6 Å². The van der Waals surface area contributed by atoms with Crippen LogP contribution in [-0.2, 0) is 14.8 Å². The predicted molar refractivity (Wildman–Crippen MR) is 114 cm³/mol. The summed E-state index contributed by atoms with van der Waals surface area (Å²) < 4.78 is 37.2. The highest BCUT2D eigenvalue weighted by atomic mass is 32.2. The molecule has 0 N–H and O–H groups in total. The number of nitrogens with zero attached hydrogens (tertiary/aromatic N) is 2. The molecule has 2 heterocycles. The van der Waals surface area contributed by atoms with E-state index in [0.717, 1.165) is 0 Å². The first-order valence-corrected chi connectivity index (χ1v) is 11.4. The van der Waals surface area contributed by atoms with Crippen LogP contribution in [0.1, 0.15) is 10.4 Å². The van der Waals surface area contributed by atoms with E-state index in [0.29, 0.717) is 43.7 Å². The normalized spacial score (nSPS) is 15.7. The van der Waals surface area contributed by atoms with Crippen molar-refractivity contribution in [3.63, 3.8) is 0 Å². The number of carbonyl (C=O) groups excluding carboxylic acids is 1. The van der Waals surface area contributed by atoms with Gasteiger partial charge in [-0.25, -0.2) is 18.0 Å². The van der Waals surface area contributed by atoms with Crippen LogP contribution < -0.4 is 5.63 Å². The first-order valence-electron chi connectivity index (χ1n) is 9.93. The van der Waals surface area contributed by atoms with Crippen molar-refractivity contribution in [3.8, 4) is 0 Å². The maximum Gasteiger partial charge on any atom is 0.351 e. The maximum absolute atomic E-state index is 12.7. The summed E-state index contributed by atoms with van der Waals surface area (Å²) in [6.07, 6.45) is 0. The molecule has 31 heavy (non-hydrogen) atoms. The summed E-state index contributed by atoms with van der Waals surface area (Å²) >= 11 is 0. The van der Waals surface area contributed by atoms with Gasteiger partial charge >= 0.3 is 11.6 Å². The lowest BCUT2D eigenvalue weighted by molar-refractivity contribution is 0.0440. The van der Waals surface area contributed by atoms with Gasteiger partial charge in [0.2, 0.25) is 10.0 Å². The number of esters is 1. The minimum absolute atomic E-state index is 0.0938. The van der Waals surface area contributed by atoms with Crippen molar-refractivity contribution in [2.75, 3.05) is 39.3 Å². The van der Waals surface area contributed by atoms with Crippen molar-refractivity contribution >= 4 is 27.0 Å². The van der Waals surface area contributed by atoms with E-state index in [1.807, 2.05) is 4.90 Å². The molecule has 0 unspecified atom stereocenters.